The van der Waals surface area contributed by atoms with Crippen molar-refractivity contribution >= 4 is 5.82 Å². The number of nitrogens with zero attached hydrogens (tertiary/aromatic N) is 4. The van der Waals surface area contributed by atoms with Gasteiger partial charge in [-0.1, -0.05) is 6.42 Å². The van der Waals surface area contributed by atoms with Crippen molar-refractivity contribution in [3.05, 3.63) is 29.3 Å². The largest absolute Gasteiger partial charge is 0.308 e. The molecule has 0 saturated carbocycles. The normalized spacial score (nSPS) is 14.5. The average Bonchev–Trinajstić information content (AvgIpc) is 2.71. The fourth-order valence-corrected chi connectivity index (χ4v) is 2.59. The zero-order valence-corrected chi connectivity index (χ0v) is 11.6. The molecule has 0 aromatic carbocycles. The van der Waals surface area contributed by atoms with Gasteiger partial charge in [-0.05, 0) is 38.7 Å². The van der Waals surface area contributed by atoms with E-state index < -0.39 is 0 Å². The minimum absolute atomic E-state index is 0.615. The Morgan fingerprint density at radius 2 is 1.95 bits per heavy atom. The summed E-state index contributed by atoms with van der Waals surface area (Å²) in [4.78, 5) is 17.7. The fraction of sp³-hybridized carbons (Fsp3) is 0.429. The van der Waals surface area contributed by atoms with Crippen molar-refractivity contribution in [2.45, 2.75) is 39.0 Å². The number of hydrazine groups is 1. The van der Waals surface area contributed by atoms with Crippen molar-refractivity contribution in [2.75, 3.05) is 5.43 Å². The third kappa shape index (κ3) is 2.46. The molecule has 104 valence electrons. The Hall–Kier alpha value is -2.08. The zero-order chi connectivity index (χ0) is 13.9. The van der Waals surface area contributed by atoms with Gasteiger partial charge in [0, 0.05) is 17.5 Å². The molecular formula is C14H18N6. The second-order valence-corrected chi connectivity index (χ2v) is 5.02. The van der Waals surface area contributed by atoms with Gasteiger partial charge in [0.25, 0.3) is 0 Å². The first-order valence-electron chi connectivity index (χ1n) is 6.94. The van der Waals surface area contributed by atoms with Crippen LogP contribution in [0.1, 0.15) is 36.3 Å². The first kappa shape index (κ1) is 12.9. The van der Waals surface area contributed by atoms with Gasteiger partial charge in [0.05, 0.1) is 0 Å². The quantitative estimate of drug-likeness (QED) is 0.491. The Kier molecular flexibility index (Phi) is 3.56. The van der Waals surface area contributed by atoms with Crippen molar-refractivity contribution in [3.8, 4) is 11.5 Å². The molecule has 0 spiro atoms. The van der Waals surface area contributed by atoms with Crippen molar-refractivity contribution < 1.29 is 0 Å². The molecule has 1 aliphatic rings. The summed E-state index contributed by atoms with van der Waals surface area (Å²) >= 11 is 0. The summed E-state index contributed by atoms with van der Waals surface area (Å²) in [5.74, 6) is 7.68. The number of hydrogen-bond acceptors (Lipinski definition) is 6. The summed E-state index contributed by atoms with van der Waals surface area (Å²) < 4.78 is 0. The number of nitrogens with two attached hydrogens (primary N) is 1. The lowest BCUT2D eigenvalue weighted by atomic mass is 10.1. The van der Waals surface area contributed by atoms with Gasteiger partial charge >= 0.3 is 0 Å². The highest BCUT2D eigenvalue weighted by atomic mass is 15.3. The Morgan fingerprint density at radius 1 is 1.10 bits per heavy atom. The maximum absolute atomic E-state index is 5.63. The average molecular weight is 270 g/mol. The summed E-state index contributed by atoms with van der Waals surface area (Å²) in [6.45, 7) is 1.86. The third-order valence-electron chi connectivity index (χ3n) is 3.57. The predicted molar refractivity (Wildman–Crippen MR) is 76.9 cm³/mol. The topological polar surface area (TPSA) is 89.6 Å². The van der Waals surface area contributed by atoms with Crippen molar-refractivity contribution in [3.63, 3.8) is 0 Å². The zero-order valence-electron chi connectivity index (χ0n) is 11.6. The second-order valence-electron chi connectivity index (χ2n) is 5.02. The molecule has 0 unspecified atom stereocenters. The molecule has 0 radical (unpaired) electrons. The molecule has 6 heteroatoms. The summed E-state index contributed by atoms with van der Waals surface area (Å²) in [5.41, 5.74) is 5.70. The fourth-order valence-electron chi connectivity index (χ4n) is 2.59. The van der Waals surface area contributed by atoms with Crippen LogP contribution in [0.2, 0.25) is 0 Å². The molecule has 0 bridgehead atoms. The maximum Gasteiger partial charge on any atom is 0.180 e. The minimum atomic E-state index is 0.615. The molecule has 3 N–H and O–H groups in total. The molecular weight excluding hydrogens is 252 g/mol. The van der Waals surface area contributed by atoms with E-state index >= 15 is 0 Å². The van der Waals surface area contributed by atoms with E-state index in [0.29, 0.717) is 11.6 Å². The van der Waals surface area contributed by atoms with Crippen LogP contribution in [0, 0.1) is 6.92 Å². The number of nitrogen functional groups attached to an aromatic ring is 1. The summed E-state index contributed by atoms with van der Waals surface area (Å²) in [7, 11) is 0. The van der Waals surface area contributed by atoms with Crippen LogP contribution in [0.25, 0.3) is 11.5 Å². The van der Waals surface area contributed by atoms with E-state index in [1.54, 1.807) is 6.20 Å². The molecule has 0 fully saturated rings. The molecule has 20 heavy (non-hydrogen) atoms. The van der Waals surface area contributed by atoms with Gasteiger partial charge in [-0.25, -0.2) is 25.8 Å². The number of hydrogen-bond donors (Lipinski definition) is 2. The van der Waals surface area contributed by atoms with Crippen LogP contribution in [-0.4, -0.2) is 19.9 Å². The Balaban J connectivity index is 2.11. The smallest absolute Gasteiger partial charge is 0.180 e. The molecule has 0 amide bonds. The molecule has 0 aliphatic heterocycles. The Morgan fingerprint density at radius 3 is 2.75 bits per heavy atom. The van der Waals surface area contributed by atoms with Crippen molar-refractivity contribution in [2.24, 2.45) is 5.84 Å². The molecule has 0 atom stereocenters. The summed E-state index contributed by atoms with van der Waals surface area (Å²) in [6, 6.07) is 1.83. The van der Waals surface area contributed by atoms with Crippen LogP contribution in [0.5, 0.6) is 0 Å². The van der Waals surface area contributed by atoms with E-state index in [-0.39, 0.29) is 0 Å². The molecule has 0 saturated heterocycles. The Labute approximate surface area is 117 Å². The highest BCUT2D eigenvalue weighted by molar-refractivity contribution is 5.56. The van der Waals surface area contributed by atoms with Gasteiger partial charge in [0.15, 0.2) is 5.82 Å². The lowest BCUT2D eigenvalue weighted by Crippen LogP contribution is -2.14. The summed E-state index contributed by atoms with van der Waals surface area (Å²) in [5, 5.41) is 0. The van der Waals surface area contributed by atoms with Crippen LogP contribution in [-0.2, 0) is 12.8 Å². The van der Waals surface area contributed by atoms with Gasteiger partial charge in [-0.15, -0.1) is 0 Å². The van der Waals surface area contributed by atoms with E-state index in [1.807, 2.05) is 13.0 Å². The highest BCUT2D eigenvalue weighted by Crippen LogP contribution is 2.26. The van der Waals surface area contributed by atoms with Crippen LogP contribution >= 0.6 is 0 Å². The lowest BCUT2D eigenvalue weighted by molar-refractivity contribution is 0.709. The monoisotopic (exact) mass is 270 g/mol. The first-order chi connectivity index (χ1) is 9.78. The Bertz CT molecular complexity index is 625. The highest BCUT2D eigenvalue weighted by Gasteiger charge is 2.17. The predicted octanol–water partition coefficient (Wildman–Crippen LogP) is 1.80. The van der Waals surface area contributed by atoms with E-state index in [9.17, 15) is 0 Å². The molecule has 2 aromatic rings. The summed E-state index contributed by atoms with van der Waals surface area (Å²) in [6.07, 6.45) is 7.24. The van der Waals surface area contributed by atoms with Crippen molar-refractivity contribution in [1.29, 1.82) is 0 Å². The van der Waals surface area contributed by atoms with Crippen LogP contribution < -0.4 is 11.3 Å². The second kappa shape index (κ2) is 5.50. The van der Waals surface area contributed by atoms with Gasteiger partial charge in [-0.2, -0.15) is 0 Å². The number of aryl methyl sites for hydroxylation is 2. The number of aromatic nitrogens is 4. The van der Waals surface area contributed by atoms with Gasteiger partial charge in [0.2, 0.25) is 0 Å². The minimum Gasteiger partial charge on any atom is -0.308 e. The van der Waals surface area contributed by atoms with E-state index in [2.05, 4.69) is 20.4 Å². The molecule has 3 rings (SSSR count). The van der Waals surface area contributed by atoms with Gasteiger partial charge < -0.3 is 5.43 Å². The van der Waals surface area contributed by atoms with E-state index in [4.69, 9.17) is 10.8 Å². The molecule has 6 nitrogen and oxygen atoms in total. The number of fused-ring (bicyclic) bond motifs is 1. The standard InChI is InChI=1S/C14H18N6/c1-9-16-8-7-12(17-9)14-18-11-6-4-2-3-5-10(11)13(19-14)20-15/h7-8H,2-6,15H2,1H3,(H,18,19,20). The maximum atomic E-state index is 5.63. The van der Waals surface area contributed by atoms with Crippen LogP contribution in [0.3, 0.4) is 0 Å². The number of rotatable bonds is 2. The first-order valence-corrected chi connectivity index (χ1v) is 6.94. The molecule has 2 heterocycles. The van der Waals surface area contributed by atoms with Crippen LogP contribution in [0.15, 0.2) is 12.3 Å². The lowest BCUT2D eigenvalue weighted by Gasteiger charge is -2.12. The number of anilines is 1. The third-order valence-corrected chi connectivity index (χ3v) is 3.57. The van der Waals surface area contributed by atoms with Gasteiger partial charge in [0.1, 0.15) is 17.3 Å². The van der Waals surface area contributed by atoms with Crippen molar-refractivity contribution in [1.82, 2.24) is 19.9 Å². The SMILES string of the molecule is Cc1nccc(-c2nc3c(c(NN)n2)CCCCC3)n1. The van der Waals surface area contributed by atoms with Gasteiger partial charge in [-0.3, -0.25) is 0 Å². The van der Waals surface area contributed by atoms with E-state index in [0.717, 1.165) is 48.5 Å². The number of nitrogens with one attached hydrogen (secondary N) is 1. The van der Waals surface area contributed by atoms with Crippen LogP contribution in [0.4, 0.5) is 5.82 Å². The molecule has 1 aliphatic carbocycles. The van der Waals surface area contributed by atoms with E-state index in [1.165, 1.54) is 6.42 Å². The molecule has 2 aromatic heterocycles.